The Morgan fingerprint density at radius 1 is 1.16 bits per heavy atom. The van der Waals surface area contributed by atoms with Gasteiger partial charge in [0.2, 0.25) is 0 Å². The van der Waals surface area contributed by atoms with Gasteiger partial charge in [-0.05, 0) is 36.1 Å². The van der Waals surface area contributed by atoms with Crippen LogP contribution in [0.25, 0.3) is 10.7 Å². The lowest BCUT2D eigenvalue weighted by Gasteiger charge is -2.34. The van der Waals surface area contributed by atoms with Crippen LogP contribution in [0.5, 0.6) is 0 Å². The van der Waals surface area contributed by atoms with Gasteiger partial charge in [-0.1, -0.05) is 6.07 Å². The lowest BCUT2D eigenvalue weighted by molar-refractivity contribution is 0.0115. The van der Waals surface area contributed by atoms with Gasteiger partial charge in [-0.25, -0.2) is 4.98 Å². The number of hydrogen-bond donors (Lipinski definition) is 0. The quantitative estimate of drug-likeness (QED) is 0.704. The maximum absolute atomic E-state index is 5.54. The second-order valence-electron chi connectivity index (χ2n) is 6.25. The van der Waals surface area contributed by atoms with Crippen molar-refractivity contribution >= 4 is 11.3 Å². The number of aryl methyl sites for hydroxylation is 1. The molecule has 1 aliphatic rings. The lowest BCUT2D eigenvalue weighted by Crippen LogP contribution is -2.41. The molecule has 6 heteroatoms. The van der Waals surface area contributed by atoms with E-state index in [1.165, 1.54) is 10.4 Å². The summed E-state index contributed by atoms with van der Waals surface area (Å²) in [6, 6.07) is 8.52. The smallest absolute Gasteiger partial charge is 0.150 e. The third-order valence-corrected chi connectivity index (χ3v) is 5.68. The molecule has 0 bridgehead atoms. The summed E-state index contributed by atoms with van der Waals surface area (Å²) in [6.45, 7) is 6.41. The summed E-state index contributed by atoms with van der Waals surface area (Å²) >= 11 is 1.75. The van der Waals surface area contributed by atoms with Crippen molar-refractivity contribution in [3.63, 3.8) is 0 Å². The highest BCUT2D eigenvalue weighted by atomic mass is 32.1. The highest BCUT2D eigenvalue weighted by Gasteiger charge is 2.25. The van der Waals surface area contributed by atoms with Crippen LogP contribution in [-0.4, -0.2) is 45.7 Å². The van der Waals surface area contributed by atoms with Crippen molar-refractivity contribution in [3.8, 4) is 10.7 Å². The van der Waals surface area contributed by atoms with Crippen LogP contribution in [0.2, 0.25) is 0 Å². The predicted octanol–water partition coefficient (Wildman–Crippen LogP) is 3.39. The molecule has 0 spiro atoms. The number of aromatic nitrogens is 3. The second kappa shape index (κ2) is 7.47. The summed E-state index contributed by atoms with van der Waals surface area (Å²) in [7, 11) is 0. The topological polar surface area (TPSA) is 43.2 Å². The summed E-state index contributed by atoms with van der Waals surface area (Å²) in [6.07, 6.45) is 5.84. The molecule has 3 aromatic heterocycles. The molecule has 0 N–H and O–H groups in total. The molecule has 0 aliphatic carbocycles. The fourth-order valence-electron chi connectivity index (χ4n) is 3.31. The van der Waals surface area contributed by atoms with Crippen molar-refractivity contribution < 1.29 is 4.74 Å². The van der Waals surface area contributed by atoms with Gasteiger partial charge in [0.05, 0.1) is 29.8 Å². The van der Waals surface area contributed by atoms with E-state index in [1.54, 1.807) is 11.3 Å². The minimum absolute atomic E-state index is 0.221. The van der Waals surface area contributed by atoms with Crippen molar-refractivity contribution in [3.05, 3.63) is 59.5 Å². The first-order valence-electron chi connectivity index (χ1n) is 8.61. The third-order valence-electron chi connectivity index (χ3n) is 4.67. The molecule has 1 aliphatic heterocycles. The van der Waals surface area contributed by atoms with E-state index in [1.807, 2.05) is 18.5 Å². The molecule has 130 valence electrons. The van der Waals surface area contributed by atoms with Gasteiger partial charge >= 0.3 is 0 Å². The number of pyridine rings is 1. The van der Waals surface area contributed by atoms with E-state index in [0.29, 0.717) is 0 Å². The molecule has 1 atom stereocenters. The minimum Gasteiger partial charge on any atom is -0.379 e. The normalized spacial score (nSPS) is 16.8. The summed E-state index contributed by atoms with van der Waals surface area (Å²) in [5.41, 5.74) is 2.38. The van der Waals surface area contributed by atoms with Crippen LogP contribution in [0.1, 0.15) is 17.3 Å². The van der Waals surface area contributed by atoms with Crippen LogP contribution in [0, 0.1) is 6.92 Å². The van der Waals surface area contributed by atoms with Gasteiger partial charge in [0, 0.05) is 38.2 Å². The number of nitrogens with zero attached hydrogens (tertiary/aromatic N) is 4. The van der Waals surface area contributed by atoms with E-state index in [4.69, 9.17) is 4.74 Å². The van der Waals surface area contributed by atoms with Gasteiger partial charge in [0.15, 0.2) is 0 Å². The fourth-order valence-corrected chi connectivity index (χ4v) is 4.25. The molecular formula is C19H22N4OS. The predicted molar refractivity (Wildman–Crippen MR) is 99.6 cm³/mol. The molecule has 0 radical (unpaired) electrons. The Hall–Kier alpha value is -2.02. The summed E-state index contributed by atoms with van der Waals surface area (Å²) in [4.78, 5) is 13.0. The Morgan fingerprint density at radius 2 is 2.04 bits per heavy atom. The van der Waals surface area contributed by atoms with E-state index in [-0.39, 0.29) is 6.04 Å². The van der Waals surface area contributed by atoms with E-state index < -0.39 is 0 Å². The van der Waals surface area contributed by atoms with Crippen molar-refractivity contribution in [1.29, 1.82) is 0 Å². The van der Waals surface area contributed by atoms with Gasteiger partial charge in [-0.2, -0.15) is 0 Å². The maximum atomic E-state index is 5.54. The zero-order valence-corrected chi connectivity index (χ0v) is 15.2. The SMILES string of the molecule is Cc1ccsc1-c1nccn1C[C@@H](c1ccccn1)N1CCOCC1. The van der Waals surface area contributed by atoms with Crippen LogP contribution in [0.15, 0.2) is 48.2 Å². The third kappa shape index (κ3) is 3.51. The molecule has 4 rings (SSSR count). The number of rotatable bonds is 5. The Morgan fingerprint density at radius 3 is 2.76 bits per heavy atom. The Kier molecular flexibility index (Phi) is 4.92. The summed E-state index contributed by atoms with van der Waals surface area (Å²) in [5, 5.41) is 2.13. The van der Waals surface area contributed by atoms with Crippen molar-refractivity contribution in [1.82, 2.24) is 19.4 Å². The molecular weight excluding hydrogens is 332 g/mol. The first-order chi connectivity index (χ1) is 12.3. The number of hydrogen-bond acceptors (Lipinski definition) is 5. The molecule has 1 fully saturated rings. The molecule has 0 amide bonds. The van der Waals surface area contributed by atoms with E-state index >= 15 is 0 Å². The number of ether oxygens (including phenoxy) is 1. The first kappa shape index (κ1) is 16.4. The van der Waals surface area contributed by atoms with E-state index in [9.17, 15) is 0 Å². The zero-order valence-electron chi connectivity index (χ0n) is 14.3. The lowest BCUT2D eigenvalue weighted by atomic mass is 10.1. The van der Waals surface area contributed by atoms with Gasteiger partial charge in [0.1, 0.15) is 5.82 Å². The van der Waals surface area contributed by atoms with Crippen molar-refractivity contribution in [2.24, 2.45) is 0 Å². The number of morpholine rings is 1. The molecule has 0 saturated carbocycles. The monoisotopic (exact) mass is 354 g/mol. The molecule has 1 saturated heterocycles. The zero-order chi connectivity index (χ0) is 17.1. The van der Waals surface area contributed by atoms with Gasteiger partial charge < -0.3 is 9.30 Å². The Bertz CT molecular complexity index is 808. The Balaban J connectivity index is 1.66. The fraction of sp³-hybridized carbons (Fsp3) is 0.368. The summed E-state index contributed by atoms with van der Waals surface area (Å²) in [5.74, 6) is 1.04. The molecule has 4 heterocycles. The number of thiophene rings is 1. The van der Waals surface area contributed by atoms with Crippen LogP contribution < -0.4 is 0 Å². The maximum Gasteiger partial charge on any atom is 0.150 e. The second-order valence-corrected chi connectivity index (χ2v) is 7.17. The first-order valence-corrected chi connectivity index (χ1v) is 9.49. The molecule has 0 aromatic carbocycles. The average molecular weight is 354 g/mol. The molecule has 0 unspecified atom stereocenters. The summed E-state index contributed by atoms with van der Waals surface area (Å²) < 4.78 is 7.80. The van der Waals surface area contributed by atoms with Crippen molar-refractivity contribution in [2.45, 2.75) is 19.5 Å². The average Bonchev–Trinajstić information content (AvgIpc) is 3.29. The van der Waals surface area contributed by atoms with Gasteiger partial charge in [-0.3, -0.25) is 9.88 Å². The molecule has 25 heavy (non-hydrogen) atoms. The largest absolute Gasteiger partial charge is 0.379 e. The molecule has 5 nitrogen and oxygen atoms in total. The Labute approximate surface area is 151 Å². The van der Waals surface area contributed by atoms with Crippen LogP contribution in [-0.2, 0) is 11.3 Å². The highest BCUT2D eigenvalue weighted by Crippen LogP contribution is 2.30. The van der Waals surface area contributed by atoms with E-state index in [2.05, 4.69) is 56.1 Å². The minimum atomic E-state index is 0.221. The molecule has 3 aromatic rings. The highest BCUT2D eigenvalue weighted by molar-refractivity contribution is 7.13. The van der Waals surface area contributed by atoms with Crippen molar-refractivity contribution in [2.75, 3.05) is 26.3 Å². The van der Waals surface area contributed by atoms with Gasteiger partial charge in [-0.15, -0.1) is 11.3 Å². The van der Waals surface area contributed by atoms with Crippen LogP contribution >= 0.6 is 11.3 Å². The van der Waals surface area contributed by atoms with Gasteiger partial charge in [0.25, 0.3) is 0 Å². The van der Waals surface area contributed by atoms with Crippen LogP contribution in [0.4, 0.5) is 0 Å². The van der Waals surface area contributed by atoms with E-state index in [0.717, 1.165) is 44.4 Å². The standard InChI is InChI=1S/C19H22N4OS/c1-15-5-13-25-18(15)19-21-7-8-23(19)14-17(16-4-2-3-6-20-16)22-9-11-24-12-10-22/h2-8,13,17H,9-12,14H2,1H3/t17-/m0/s1. The van der Waals surface area contributed by atoms with Crippen LogP contribution in [0.3, 0.4) is 0 Å². The number of imidazole rings is 1.